The number of carbonyl (C=O) groups is 1. The standard InChI is InChI=1S/C14H20N4O2/c1-10-4-3-7-16-11(10)12(19)18-8-5-14(2,6-9-18)13(15)17-20/h3-4,7,20H,5-6,8-9H2,1-2H3,(H2,15,17). The number of aryl methyl sites for hydroxylation is 1. The number of amides is 1. The molecule has 1 aliphatic rings. The van der Waals surface area contributed by atoms with Crippen molar-refractivity contribution in [1.82, 2.24) is 9.88 Å². The van der Waals surface area contributed by atoms with E-state index in [-0.39, 0.29) is 17.2 Å². The number of rotatable bonds is 2. The molecule has 1 aromatic rings. The normalized spacial score (nSPS) is 18.9. The van der Waals surface area contributed by atoms with E-state index in [1.54, 1.807) is 11.1 Å². The van der Waals surface area contributed by atoms with E-state index in [1.807, 2.05) is 26.0 Å². The molecule has 108 valence electrons. The molecule has 1 fully saturated rings. The number of nitrogens with two attached hydrogens (primary N) is 1. The molecule has 6 nitrogen and oxygen atoms in total. The number of pyridine rings is 1. The predicted octanol–water partition coefficient (Wildman–Crippen LogP) is 1.38. The minimum Gasteiger partial charge on any atom is -0.409 e. The maximum absolute atomic E-state index is 12.4. The molecule has 0 aromatic carbocycles. The predicted molar refractivity (Wildman–Crippen MR) is 75.6 cm³/mol. The molecule has 0 saturated carbocycles. The fraction of sp³-hybridized carbons (Fsp3) is 0.500. The zero-order chi connectivity index (χ0) is 14.8. The van der Waals surface area contributed by atoms with Crippen LogP contribution < -0.4 is 5.73 Å². The molecule has 3 N–H and O–H groups in total. The van der Waals surface area contributed by atoms with Crippen LogP contribution in [-0.2, 0) is 0 Å². The van der Waals surface area contributed by atoms with Crippen LogP contribution in [-0.4, -0.2) is 39.9 Å². The molecule has 1 aromatic heterocycles. The number of likely N-dealkylation sites (tertiary alicyclic amines) is 1. The van der Waals surface area contributed by atoms with Gasteiger partial charge in [0.25, 0.3) is 5.91 Å². The molecule has 1 aliphatic heterocycles. The van der Waals surface area contributed by atoms with Crippen LogP contribution in [0.3, 0.4) is 0 Å². The number of hydrogen-bond acceptors (Lipinski definition) is 4. The summed E-state index contributed by atoms with van der Waals surface area (Å²) in [6, 6.07) is 3.70. The van der Waals surface area contributed by atoms with Crippen molar-refractivity contribution < 1.29 is 10.0 Å². The first-order valence-corrected chi connectivity index (χ1v) is 6.67. The zero-order valence-corrected chi connectivity index (χ0v) is 11.8. The van der Waals surface area contributed by atoms with Gasteiger partial charge in [-0.2, -0.15) is 0 Å². The monoisotopic (exact) mass is 276 g/mol. The highest BCUT2D eigenvalue weighted by Gasteiger charge is 2.36. The van der Waals surface area contributed by atoms with Crippen LogP contribution in [0.5, 0.6) is 0 Å². The van der Waals surface area contributed by atoms with E-state index in [9.17, 15) is 4.79 Å². The quantitative estimate of drug-likeness (QED) is 0.369. The van der Waals surface area contributed by atoms with Gasteiger partial charge in [-0.15, -0.1) is 0 Å². The topological polar surface area (TPSA) is 91.8 Å². The molecule has 1 saturated heterocycles. The SMILES string of the molecule is Cc1cccnc1C(=O)N1CCC(C)(/C(N)=N/O)CC1. The van der Waals surface area contributed by atoms with E-state index in [1.165, 1.54) is 0 Å². The highest BCUT2D eigenvalue weighted by atomic mass is 16.4. The number of amidine groups is 1. The largest absolute Gasteiger partial charge is 0.409 e. The summed E-state index contributed by atoms with van der Waals surface area (Å²) < 4.78 is 0. The minimum atomic E-state index is -0.343. The Bertz CT molecular complexity index is 534. The van der Waals surface area contributed by atoms with Crippen molar-refractivity contribution in [2.45, 2.75) is 26.7 Å². The molecule has 20 heavy (non-hydrogen) atoms. The van der Waals surface area contributed by atoms with E-state index in [0.717, 1.165) is 5.56 Å². The van der Waals surface area contributed by atoms with Crippen molar-refractivity contribution >= 4 is 11.7 Å². The van der Waals surface area contributed by atoms with Crippen molar-refractivity contribution in [3.8, 4) is 0 Å². The summed E-state index contributed by atoms with van der Waals surface area (Å²) in [6.45, 7) is 5.00. The lowest BCUT2D eigenvalue weighted by Crippen LogP contribution is -2.47. The second kappa shape index (κ2) is 5.48. The average molecular weight is 276 g/mol. The van der Waals surface area contributed by atoms with Crippen LogP contribution in [0.25, 0.3) is 0 Å². The van der Waals surface area contributed by atoms with Crippen LogP contribution in [0.2, 0.25) is 0 Å². The van der Waals surface area contributed by atoms with E-state index < -0.39 is 0 Å². The number of aromatic nitrogens is 1. The number of nitrogens with zero attached hydrogens (tertiary/aromatic N) is 3. The summed E-state index contributed by atoms with van der Waals surface area (Å²) in [6.07, 6.45) is 2.99. The molecule has 2 rings (SSSR count). The first-order valence-electron chi connectivity index (χ1n) is 6.67. The highest BCUT2D eigenvalue weighted by Crippen LogP contribution is 2.31. The molecule has 0 spiro atoms. The molecule has 0 atom stereocenters. The second-order valence-corrected chi connectivity index (χ2v) is 5.51. The van der Waals surface area contributed by atoms with Gasteiger partial charge in [0, 0.05) is 24.7 Å². The molecule has 0 aliphatic carbocycles. The third kappa shape index (κ3) is 2.59. The van der Waals surface area contributed by atoms with E-state index >= 15 is 0 Å². The molecule has 1 amide bonds. The minimum absolute atomic E-state index is 0.0512. The van der Waals surface area contributed by atoms with Crippen molar-refractivity contribution in [3.05, 3.63) is 29.6 Å². The first kappa shape index (κ1) is 14.3. The summed E-state index contributed by atoms with van der Waals surface area (Å²) >= 11 is 0. The number of hydrogen-bond donors (Lipinski definition) is 2. The van der Waals surface area contributed by atoms with Gasteiger partial charge in [-0.3, -0.25) is 9.78 Å². The molecular formula is C14H20N4O2. The fourth-order valence-corrected chi connectivity index (χ4v) is 2.44. The van der Waals surface area contributed by atoms with Gasteiger partial charge < -0.3 is 15.8 Å². The Labute approximate surface area is 118 Å². The van der Waals surface area contributed by atoms with Crippen molar-refractivity contribution in [1.29, 1.82) is 0 Å². The second-order valence-electron chi connectivity index (χ2n) is 5.51. The maximum atomic E-state index is 12.4. The van der Waals surface area contributed by atoms with Crippen LogP contribution in [0.1, 0.15) is 35.8 Å². The Hall–Kier alpha value is -2.11. The lowest BCUT2D eigenvalue weighted by atomic mass is 9.79. The third-order valence-electron chi connectivity index (χ3n) is 4.09. The highest BCUT2D eigenvalue weighted by molar-refractivity contribution is 5.94. The van der Waals surface area contributed by atoms with Crippen LogP contribution >= 0.6 is 0 Å². The zero-order valence-electron chi connectivity index (χ0n) is 11.8. The van der Waals surface area contributed by atoms with Crippen molar-refractivity contribution in [2.24, 2.45) is 16.3 Å². The lowest BCUT2D eigenvalue weighted by molar-refractivity contribution is 0.0660. The maximum Gasteiger partial charge on any atom is 0.272 e. The Morgan fingerprint density at radius 3 is 2.70 bits per heavy atom. The average Bonchev–Trinajstić information content (AvgIpc) is 2.47. The van der Waals surface area contributed by atoms with Gasteiger partial charge in [0.05, 0.1) is 0 Å². The summed E-state index contributed by atoms with van der Waals surface area (Å²) in [4.78, 5) is 18.4. The Kier molecular flexibility index (Phi) is 3.92. The Balaban J connectivity index is 2.08. The molecule has 0 unspecified atom stereocenters. The van der Waals surface area contributed by atoms with Gasteiger partial charge in [0.1, 0.15) is 11.5 Å². The number of carbonyl (C=O) groups excluding carboxylic acids is 1. The summed E-state index contributed by atoms with van der Waals surface area (Å²) in [5.41, 5.74) is 6.76. The summed E-state index contributed by atoms with van der Waals surface area (Å²) in [5, 5.41) is 11.9. The van der Waals surface area contributed by atoms with Crippen LogP contribution in [0.4, 0.5) is 0 Å². The fourth-order valence-electron chi connectivity index (χ4n) is 2.44. The van der Waals surface area contributed by atoms with Gasteiger partial charge in [0.15, 0.2) is 0 Å². The van der Waals surface area contributed by atoms with Crippen molar-refractivity contribution in [3.63, 3.8) is 0 Å². The van der Waals surface area contributed by atoms with Gasteiger partial charge in [-0.25, -0.2) is 0 Å². The van der Waals surface area contributed by atoms with E-state index in [0.29, 0.717) is 31.6 Å². The van der Waals surface area contributed by atoms with Gasteiger partial charge in [-0.05, 0) is 31.4 Å². The van der Waals surface area contributed by atoms with E-state index in [2.05, 4.69) is 10.1 Å². The third-order valence-corrected chi connectivity index (χ3v) is 4.09. The lowest BCUT2D eigenvalue weighted by Gasteiger charge is -2.38. The van der Waals surface area contributed by atoms with Gasteiger partial charge in [0.2, 0.25) is 0 Å². The molecular weight excluding hydrogens is 256 g/mol. The smallest absolute Gasteiger partial charge is 0.272 e. The van der Waals surface area contributed by atoms with Crippen molar-refractivity contribution in [2.75, 3.05) is 13.1 Å². The van der Waals surface area contributed by atoms with Gasteiger partial charge >= 0.3 is 0 Å². The molecule has 2 heterocycles. The first-order chi connectivity index (χ1) is 9.48. The summed E-state index contributed by atoms with van der Waals surface area (Å²) in [7, 11) is 0. The van der Waals surface area contributed by atoms with E-state index in [4.69, 9.17) is 10.9 Å². The number of oxime groups is 1. The van der Waals surface area contributed by atoms with Crippen LogP contribution in [0.15, 0.2) is 23.5 Å². The summed E-state index contributed by atoms with van der Waals surface area (Å²) in [5.74, 6) is 0.184. The molecule has 6 heteroatoms. The molecule has 0 radical (unpaired) electrons. The van der Waals surface area contributed by atoms with Crippen LogP contribution in [0, 0.1) is 12.3 Å². The van der Waals surface area contributed by atoms with Gasteiger partial charge in [-0.1, -0.05) is 18.1 Å². The number of piperidine rings is 1. The molecule has 0 bridgehead atoms. The Morgan fingerprint density at radius 1 is 1.50 bits per heavy atom. The Morgan fingerprint density at radius 2 is 2.15 bits per heavy atom.